The van der Waals surface area contributed by atoms with E-state index in [1.54, 1.807) is 41.5 Å². The molecule has 502 valence electrons. The van der Waals surface area contributed by atoms with E-state index in [-0.39, 0.29) is 52.0 Å². The van der Waals surface area contributed by atoms with Gasteiger partial charge in [-0.1, -0.05) is 0 Å². The van der Waals surface area contributed by atoms with Gasteiger partial charge in [0.2, 0.25) is 11.8 Å². The van der Waals surface area contributed by atoms with Gasteiger partial charge < -0.3 is 43.4 Å². The number of isothiocyanates is 1. The van der Waals surface area contributed by atoms with Crippen LogP contribution in [0.5, 0.6) is 11.8 Å². The molecule has 4 aromatic heterocycles. The first-order valence-corrected chi connectivity index (χ1v) is 27.4. The summed E-state index contributed by atoms with van der Waals surface area (Å²) in [6.45, 7) is 14.2. The Bertz CT molecular complexity index is 4020. The number of pyridine rings is 2. The third-order valence-corrected chi connectivity index (χ3v) is 12.2. The number of halogens is 12. The Labute approximate surface area is 535 Å². The van der Waals surface area contributed by atoms with Crippen molar-refractivity contribution in [2.75, 3.05) is 48.7 Å². The maximum Gasteiger partial charge on any atom is 0.508 e. The van der Waals surface area contributed by atoms with Crippen LogP contribution in [0.25, 0.3) is 21.8 Å². The molecule has 0 unspecified atom stereocenters. The fraction of sp³-hybridized carbons (Fsp3) is 0.404. The molecule has 94 heavy (non-hydrogen) atoms. The molecule has 23 nitrogen and oxygen atoms in total. The van der Waals surface area contributed by atoms with Crippen molar-refractivity contribution < 1.29 is 105 Å². The van der Waals surface area contributed by atoms with Crippen LogP contribution in [0.2, 0.25) is 0 Å². The van der Waals surface area contributed by atoms with Crippen LogP contribution in [-0.4, -0.2) is 120 Å². The number of methoxy groups -OCH3 is 1. The number of hydrogen-bond donors (Lipinski definition) is 1. The van der Waals surface area contributed by atoms with Crippen LogP contribution >= 0.6 is 24.4 Å². The van der Waals surface area contributed by atoms with Crippen molar-refractivity contribution in [2.24, 2.45) is 4.99 Å². The number of nitrogens with one attached hydrogen (secondary N) is 1. The molecule has 2 aromatic carbocycles. The summed E-state index contributed by atoms with van der Waals surface area (Å²) in [5.74, 6) is -6.37. The molecule has 1 aliphatic heterocycles. The zero-order valence-electron chi connectivity index (χ0n) is 50.9. The molecule has 0 bridgehead atoms. The standard InChI is InChI=1S/C28H24F6N6O5S.C21H26F3N3O6.C8H2F3N3S/c1-26(2,3)45-25(42)44-7-6-43-22-15-8-13(10-17(29)19(15)37-21(38-22)20(30)31)40-24(46)39(23(41)27(40,4)5)14-9-16(28(32,33)34)18(11-35)36-12-14;1-20(2,3)33-19(29)32-8-7-31-17-12-9-11(27-21(4,5)18(28)30-6)10-13(22)14(12)25-16(26-17)15(23)24;9-8(10,11)6-1-5(14-4-15)3-13-7(6)2-12/h8-10,12,20H,6-7H2,1-5H3;9-10,15,27H,7-8H2,1-6H3;1,3H. The summed E-state index contributed by atoms with van der Waals surface area (Å²) in [5.41, 5.74) is -10.1. The number of nitriles is 2. The third-order valence-electron chi connectivity index (χ3n) is 11.8. The number of benzene rings is 2. The second kappa shape index (κ2) is 29.8. The van der Waals surface area contributed by atoms with Gasteiger partial charge in [0.1, 0.15) is 71.9 Å². The highest BCUT2D eigenvalue weighted by Crippen LogP contribution is 2.42. The van der Waals surface area contributed by atoms with Crippen molar-refractivity contribution in [2.45, 2.75) is 117 Å². The topological polar surface area (TPSA) is 289 Å². The van der Waals surface area contributed by atoms with Gasteiger partial charge in [-0.15, -0.1) is 0 Å². The summed E-state index contributed by atoms with van der Waals surface area (Å²) in [4.78, 5) is 75.5. The minimum atomic E-state index is -4.99. The Hall–Kier alpha value is -9.87. The number of esters is 1. The molecule has 1 amide bonds. The van der Waals surface area contributed by atoms with E-state index in [0.717, 1.165) is 34.3 Å². The van der Waals surface area contributed by atoms with Crippen LogP contribution in [0.4, 0.5) is 85.0 Å². The minimum Gasteiger partial charge on any atom is -0.474 e. The smallest absolute Gasteiger partial charge is 0.474 e. The molecular weight excluding hydrogens is 1320 g/mol. The predicted octanol–water partition coefficient (Wildman–Crippen LogP) is 13.3. The Morgan fingerprint density at radius 1 is 0.670 bits per heavy atom. The number of amides is 1. The molecule has 0 radical (unpaired) electrons. The Morgan fingerprint density at radius 3 is 1.56 bits per heavy atom. The number of rotatable bonds is 16. The second-order valence-electron chi connectivity index (χ2n) is 22.0. The molecule has 0 aliphatic carbocycles. The van der Waals surface area contributed by atoms with Gasteiger partial charge in [0.15, 0.2) is 39.8 Å². The lowest BCUT2D eigenvalue weighted by Gasteiger charge is -2.29. The maximum absolute atomic E-state index is 15.5. The first-order valence-electron chi connectivity index (χ1n) is 26.6. The zero-order valence-corrected chi connectivity index (χ0v) is 52.5. The molecule has 7 rings (SSSR count). The number of anilines is 3. The molecule has 1 N–H and O–H groups in total. The lowest BCUT2D eigenvalue weighted by molar-refractivity contribution is -0.144. The number of ether oxygens (including phenoxy) is 7. The van der Waals surface area contributed by atoms with E-state index in [1.165, 1.54) is 59.1 Å². The Morgan fingerprint density at radius 2 is 1.13 bits per heavy atom. The molecule has 0 spiro atoms. The number of aliphatic imine (C=N–C) groups is 1. The van der Waals surface area contributed by atoms with Crippen LogP contribution in [0.15, 0.2) is 53.8 Å². The number of hydrogen-bond acceptors (Lipinski definition) is 23. The van der Waals surface area contributed by atoms with Gasteiger partial charge in [-0.05, 0) is 130 Å². The summed E-state index contributed by atoms with van der Waals surface area (Å²) in [6.07, 6.45) is -16.0. The molecule has 1 fully saturated rings. The highest BCUT2D eigenvalue weighted by atomic mass is 32.1. The van der Waals surface area contributed by atoms with Crippen molar-refractivity contribution in [3.8, 4) is 23.9 Å². The number of thiocarbonyl (C=S) groups is 2. The fourth-order valence-corrected chi connectivity index (χ4v) is 8.55. The van der Waals surface area contributed by atoms with Crippen LogP contribution < -0.4 is 24.6 Å². The lowest BCUT2D eigenvalue weighted by atomic mass is 10.0. The summed E-state index contributed by atoms with van der Waals surface area (Å²) >= 11 is 9.71. The lowest BCUT2D eigenvalue weighted by Crippen LogP contribution is -2.44. The van der Waals surface area contributed by atoms with Crippen molar-refractivity contribution in [3.63, 3.8) is 0 Å². The molecule has 1 saturated heterocycles. The molecule has 37 heteroatoms. The number of aromatic nitrogens is 6. The number of fused-ring (bicyclic) bond motifs is 2. The molecular formula is C57H52F12N12O11S2. The molecule has 6 aromatic rings. The average Bonchev–Trinajstić information content (AvgIpc) is 1.54. The summed E-state index contributed by atoms with van der Waals surface area (Å²) < 4.78 is 197. The quantitative estimate of drug-likeness (QED) is 0.0235. The van der Waals surface area contributed by atoms with Gasteiger partial charge >= 0.3 is 30.6 Å². The third kappa shape index (κ3) is 19.1. The molecule has 5 heterocycles. The van der Waals surface area contributed by atoms with E-state index in [2.05, 4.69) is 52.4 Å². The van der Waals surface area contributed by atoms with Gasteiger partial charge in [-0.3, -0.25) is 9.69 Å². The first kappa shape index (κ1) is 74.9. The highest BCUT2D eigenvalue weighted by molar-refractivity contribution is 7.81. The number of nitrogens with zero attached hydrogens (tertiary/aromatic N) is 11. The van der Waals surface area contributed by atoms with Crippen molar-refractivity contribution in [1.29, 1.82) is 10.5 Å². The second-order valence-corrected chi connectivity index (χ2v) is 22.6. The first-order chi connectivity index (χ1) is 43.5. The van der Waals surface area contributed by atoms with Crippen molar-refractivity contribution in [1.82, 2.24) is 29.9 Å². The molecule has 1 aliphatic rings. The van der Waals surface area contributed by atoms with E-state index < -0.39 is 153 Å². The van der Waals surface area contributed by atoms with E-state index in [4.69, 9.17) is 55.9 Å². The summed E-state index contributed by atoms with van der Waals surface area (Å²) in [5, 5.41) is 21.6. The van der Waals surface area contributed by atoms with E-state index in [0.29, 0.717) is 12.1 Å². The maximum atomic E-state index is 15.5. The highest BCUT2D eigenvalue weighted by Gasteiger charge is 2.51. The molecule has 0 saturated carbocycles. The average molecular weight is 1370 g/mol. The summed E-state index contributed by atoms with van der Waals surface area (Å²) in [6, 6.07) is 8.34. The number of alkyl halides is 10. The molecule has 0 atom stereocenters. The van der Waals surface area contributed by atoms with Crippen LogP contribution in [0.1, 0.15) is 116 Å². The van der Waals surface area contributed by atoms with Gasteiger partial charge in [0.25, 0.3) is 18.8 Å². The van der Waals surface area contributed by atoms with Gasteiger partial charge in [0, 0.05) is 11.4 Å². The van der Waals surface area contributed by atoms with Crippen LogP contribution in [0.3, 0.4) is 0 Å². The largest absolute Gasteiger partial charge is 0.508 e. The number of carbonyl (C=O) groups is 4. The van der Waals surface area contributed by atoms with Crippen LogP contribution in [0, 0.1) is 34.3 Å². The fourth-order valence-electron chi connectivity index (χ4n) is 7.92. The van der Waals surface area contributed by atoms with Crippen molar-refractivity contribution >= 4 is 103 Å². The van der Waals surface area contributed by atoms with Crippen LogP contribution in [-0.2, 0) is 45.6 Å². The van der Waals surface area contributed by atoms with Gasteiger partial charge in [-0.25, -0.2) is 60.7 Å². The summed E-state index contributed by atoms with van der Waals surface area (Å²) in [7, 11) is 1.21. The number of carbonyl (C=O) groups excluding carboxylic acids is 4. The van der Waals surface area contributed by atoms with Gasteiger partial charge in [0.05, 0.1) is 57.9 Å². The SMILES string of the molecule is CC(C)(C)OC(=O)OCCOc1nc(C(F)F)nc2c(F)cc(N3C(=S)N(c4cnc(C#N)c(C(F)(F)F)c4)C(=O)C3(C)C)cc12.COC(=O)C(C)(C)Nc1cc(F)c2nc(C(F)F)nc(OCCOC(=O)OC(C)(C)C)c2c1.N#Cc1ncc(N=C=S)cc1C(F)(F)F. The van der Waals surface area contributed by atoms with E-state index in [9.17, 15) is 67.5 Å². The minimum absolute atomic E-state index is 0.0279. The Kier molecular flexibility index (Phi) is 23.7. The Balaban J connectivity index is 0.000000289. The van der Waals surface area contributed by atoms with Gasteiger partial charge in [-0.2, -0.15) is 51.8 Å². The zero-order chi connectivity index (χ0) is 70.8. The monoisotopic (exact) mass is 1370 g/mol. The van der Waals surface area contributed by atoms with Crippen molar-refractivity contribution in [3.05, 3.63) is 94.6 Å². The normalized spacial score (nSPS) is 13.2. The van der Waals surface area contributed by atoms with E-state index >= 15 is 4.39 Å². The predicted molar refractivity (Wildman–Crippen MR) is 313 cm³/mol. The van der Waals surface area contributed by atoms with E-state index in [1.807, 2.05) is 5.16 Å².